The molecule has 1 aromatic rings. The zero-order valence-electron chi connectivity index (χ0n) is 9.30. The fourth-order valence-electron chi connectivity index (χ4n) is 1.57. The van der Waals surface area contributed by atoms with E-state index in [0.29, 0.717) is 5.69 Å². The highest BCUT2D eigenvalue weighted by atomic mass is 19.4. The van der Waals surface area contributed by atoms with Gasteiger partial charge in [-0.1, -0.05) is 6.07 Å². The van der Waals surface area contributed by atoms with Gasteiger partial charge in [-0.2, -0.15) is 13.2 Å². The molecule has 0 aliphatic carbocycles. The summed E-state index contributed by atoms with van der Waals surface area (Å²) in [6.45, 7) is 3.69. The lowest BCUT2D eigenvalue weighted by Gasteiger charge is -2.15. The van der Waals surface area contributed by atoms with Crippen LogP contribution in [0.1, 0.15) is 35.7 Å². The topological polar surface area (TPSA) is 38.9 Å². The summed E-state index contributed by atoms with van der Waals surface area (Å²) in [5.74, 6) is 0. The van der Waals surface area contributed by atoms with Gasteiger partial charge < -0.3 is 5.73 Å². The van der Waals surface area contributed by atoms with Crippen LogP contribution in [-0.2, 0) is 0 Å². The van der Waals surface area contributed by atoms with Crippen molar-refractivity contribution in [2.45, 2.75) is 38.9 Å². The molecule has 1 atom stereocenters. The maximum atomic E-state index is 12.0. The summed E-state index contributed by atoms with van der Waals surface area (Å²) in [7, 11) is 0. The molecule has 2 nitrogen and oxygen atoms in total. The predicted molar refractivity (Wildman–Crippen MR) is 55.9 cm³/mol. The summed E-state index contributed by atoms with van der Waals surface area (Å²) >= 11 is 0. The van der Waals surface area contributed by atoms with E-state index in [0.717, 1.165) is 11.1 Å². The van der Waals surface area contributed by atoms with Crippen LogP contribution in [0.25, 0.3) is 0 Å². The first-order valence-corrected chi connectivity index (χ1v) is 5.05. The molecule has 1 rings (SSSR count). The Balaban J connectivity index is 2.70. The third kappa shape index (κ3) is 3.81. The van der Waals surface area contributed by atoms with Crippen LogP contribution in [0.3, 0.4) is 0 Å². The minimum atomic E-state index is -4.16. The molecule has 0 bridgehead atoms. The van der Waals surface area contributed by atoms with Crippen LogP contribution in [0.15, 0.2) is 12.3 Å². The molecule has 1 heterocycles. The first kappa shape index (κ1) is 13.0. The smallest absolute Gasteiger partial charge is 0.323 e. The van der Waals surface area contributed by atoms with Crippen molar-refractivity contribution in [2.75, 3.05) is 0 Å². The Labute approximate surface area is 92.7 Å². The van der Waals surface area contributed by atoms with Gasteiger partial charge in [0.1, 0.15) is 0 Å². The normalized spacial score (nSPS) is 13.9. The van der Waals surface area contributed by atoms with Crippen molar-refractivity contribution >= 4 is 0 Å². The highest BCUT2D eigenvalue weighted by molar-refractivity contribution is 5.25. The molecule has 0 amide bonds. The zero-order valence-corrected chi connectivity index (χ0v) is 9.30. The number of hydrogen-bond donors (Lipinski definition) is 1. The van der Waals surface area contributed by atoms with Gasteiger partial charge >= 0.3 is 6.18 Å². The third-order valence-corrected chi connectivity index (χ3v) is 2.35. The number of pyridine rings is 1. The number of aryl methyl sites for hydroxylation is 2. The molecular weight excluding hydrogens is 217 g/mol. The Morgan fingerprint density at radius 1 is 1.38 bits per heavy atom. The summed E-state index contributed by atoms with van der Waals surface area (Å²) in [4.78, 5) is 4.09. The maximum Gasteiger partial charge on any atom is 0.389 e. The molecule has 0 aromatic carbocycles. The van der Waals surface area contributed by atoms with Gasteiger partial charge in [-0.05, 0) is 31.4 Å². The van der Waals surface area contributed by atoms with E-state index < -0.39 is 18.6 Å². The van der Waals surface area contributed by atoms with E-state index in [1.807, 2.05) is 19.9 Å². The van der Waals surface area contributed by atoms with Gasteiger partial charge in [0.15, 0.2) is 0 Å². The number of aromatic nitrogens is 1. The molecule has 0 saturated carbocycles. The van der Waals surface area contributed by atoms with Crippen molar-refractivity contribution in [2.24, 2.45) is 5.73 Å². The second kappa shape index (κ2) is 4.82. The van der Waals surface area contributed by atoms with Crippen molar-refractivity contribution in [3.05, 3.63) is 29.1 Å². The van der Waals surface area contributed by atoms with E-state index in [1.165, 1.54) is 0 Å². The van der Waals surface area contributed by atoms with Crippen LogP contribution in [0.4, 0.5) is 13.2 Å². The van der Waals surface area contributed by atoms with Gasteiger partial charge in [-0.15, -0.1) is 0 Å². The van der Waals surface area contributed by atoms with E-state index in [1.54, 1.807) is 6.20 Å². The lowest BCUT2D eigenvalue weighted by molar-refractivity contribution is -0.136. The average molecular weight is 232 g/mol. The lowest BCUT2D eigenvalue weighted by atomic mass is 10.0. The van der Waals surface area contributed by atoms with Crippen molar-refractivity contribution in [1.82, 2.24) is 4.98 Å². The number of halogens is 3. The molecule has 0 radical (unpaired) electrons. The van der Waals surface area contributed by atoms with Gasteiger partial charge in [-0.25, -0.2) is 0 Å². The Morgan fingerprint density at radius 3 is 2.50 bits per heavy atom. The molecule has 16 heavy (non-hydrogen) atoms. The number of nitrogens with two attached hydrogens (primary N) is 1. The zero-order chi connectivity index (χ0) is 12.3. The largest absolute Gasteiger partial charge is 0.389 e. The van der Waals surface area contributed by atoms with Gasteiger partial charge in [0.2, 0.25) is 0 Å². The monoisotopic (exact) mass is 232 g/mol. The van der Waals surface area contributed by atoms with Crippen LogP contribution in [-0.4, -0.2) is 11.2 Å². The summed E-state index contributed by atoms with van der Waals surface area (Å²) < 4.78 is 36.1. The van der Waals surface area contributed by atoms with Crippen LogP contribution >= 0.6 is 0 Å². The fraction of sp³-hybridized carbons (Fsp3) is 0.545. The molecule has 0 saturated heterocycles. The highest BCUT2D eigenvalue weighted by Gasteiger charge is 2.28. The van der Waals surface area contributed by atoms with Gasteiger partial charge in [0.05, 0.1) is 5.69 Å². The maximum absolute atomic E-state index is 12.0. The average Bonchev–Trinajstić information content (AvgIpc) is 2.13. The molecule has 0 aliphatic heterocycles. The van der Waals surface area contributed by atoms with Crippen molar-refractivity contribution in [3.8, 4) is 0 Å². The Bertz CT molecular complexity index is 361. The highest BCUT2D eigenvalue weighted by Crippen LogP contribution is 2.26. The predicted octanol–water partition coefficient (Wildman–Crippen LogP) is 3.04. The quantitative estimate of drug-likeness (QED) is 0.869. The molecule has 0 spiro atoms. The van der Waals surface area contributed by atoms with Crippen LogP contribution < -0.4 is 5.73 Å². The minimum Gasteiger partial charge on any atom is -0.323 e. The standard InChI is InChI=1S/C11H15F3N2/c1-7-5-8(2)10(16-6-7)9(15)3-4-11(12,13)14/h5-6,9H,3-4,15H2,1-2H3. The van der Waals surface area contributed by atoms with Gasteiger partial charge in [-0.3, -0.25) is 4.98 Å². The third-order valence-electron chi connectivity index (χ3n) is 2.35. The van der Waals surface area contributed by atoms with E-state index in [4.69, 9.17) is 5.73 Å². The number of nitrogens with zero attached hydrogens (tertiary/aromatic N) is 1. The first-order chi connectivity index (χ1) is 7.29. The Morgan fingerprint density at radius 2 is 2.00 bits per heavy atom. The minimum absolute atomic E-state index is 0.125. The van der Waals surface area contributed by atoms with Crippen LogP contribution in [0, 0.1) is 13.8 Å². The van der Waals surface area contributed by atoms with Crippen molar-refractivity contribution in [1.29, 1.82) is 0 Å². The molecule has 0 fully saturated rings. The van der Waals surface area contributed by atoms with Gasteiger partial charge in [0.25, 0.3) is 0 Å². The molecule has 1 aromatic heterocycles. The number of rotatable bonds is 3. The summed E-state index contributed by atoms with van der Waals surface area (Å²) in [6, 6.07) is 1.22. The number of hydrogen-bond acceptors (Lipinski definition) is 2. The molecule has 1 unspecified atom stereocenters. The van der Waals surface area contributed by atoms with Crippen LogP contribution in [0.2, 0.25) is 0 Å². The number of alkyl halides is 3. The SMILES string of the molecule is Cc1cnc(C(N)CCC(F)(F)F)c(C)c1. The summed E-state index contributed by atoms with van der Waals surface area (Å²) in [5.41, 5.74) is 8.06. The van der Waals surface area contributed by atoms with Gasteiger partial charge in [0, 0.05) is 18.7 Å². The molecule has 2 N–H and O–H groups in total. The first-order valence-electron chi connectivity index (χ1n) is 5.05. The van der Waals surface area contributed by atoms with Crippen molar-refractivity contribution in [3.63, 3.8) is 0 Å². The molecule has 0 aliphatic rings. The fourth-order valence-corrected chi connectivity index (χ4v) is 1.57. The van der Waals surface area contributed by atoms with E-state index in [9.17, 15) is 13.2 Å². The molecular formula is C11H15F3N2. The van der Waals surface area contributed by atoms with E-state index in [2.05, 4.69) is 4.98 Å². The second-order valence-corrected chi connectivity index (χ2v) is 3.98. The van der Waals surface area contributed by atoms with Crippen molar-refractivity contribution < 1.29 is 13.2 Å². The lowest BCUT2D eigenvalue weighted by Crippen LogP contribution is -2.17. The Hall–Kier alpha value is -1.10. The summed E-state index contributed by atoms with van der Waals surface area (Å²) in [6.07, 6.45) is -3.53. The van der Waals surface area contributed by atoms with E-state index >= 15 is 0 Å². The Kier molecular flexibility index (Phi) is 3.91. The second-order valence-electron chi connectivity index (χ2n) is 3.98. The summed E-state index contributed by atoms with van der Waals surface area (Å²) in [5, 5.41) is 0. The van der Waals surface area contributed by atoms with E-state index in [-0.39, 0.29) is 6.42 Å². The molecule has 5 heteroatoms. The van der Waals surface area contributed by atoms with Crippen LogP contribution in [0.5, 0.6) is 0 Å². The molecule has 90 valence electrons.